The van der Waals surface area contributed by atoms with Gasteiger partial charge in [0.15, 0.2) is 5.82 Å². The average Bonchev–Trinajstić information content (AvgIpc) is 3.69. The van der Waals surface area contributed by atoms with Gasteiger partial charge in [0.05, 0.1) is 45.3 Å². The number of methoxy groups -OCH3 is 1. The molecular weight excluding hydrogens is 656 g/mol. The van der Waals surface area contributed by atoms with E-state index < -0.39 is 17.6 Å². The zero-order valence-electron chi connectivity index (χ0n) is 26.4. The van der Waals surface area contributed by atoms with Crippen LogP contribution in [-0.2, 0) is 37.2 Å². The predicted octanol–water partition coefficient (Wildman–Crippen LogP) is 6.40. The molecule has 0 radical (unpaired) electrons. The van der Waals surface area contributed by atoms with Gasteiger partial charge in [-0.05, 0) is 67.6 Å². The molecule has 14 heteroatoms. The third-order valence-electron chi connectivity index (χ3n) is 8.51. The van der Waals surface area contributed by atoms with Crippen LogP contribution in [0.1, 0.15) is 51.5 Å². The average molecular weight is 686 g/mol. The first-order valence-corrected chi connectivity index (χ1v) is 16.0. The van der Waals surface area contributed by atoms with Crippen molar-refractivity contribution in [1.82, 2.24) is 34.5 Å². The van der Waals surface area contributed by atoms with Crippen LogP contribution in [0.4, 0.5) is 8.78 Å². The number of hydrogen-bond acceptors (Lipinski definition) is 8. The lowest BCUT2D eigenvalue weighted by atomic mass is 10.0. The van der Waals surface area contributed by atoms with E-state index in [-0.39, 0.29) is 41.3 Å². The molecular formula is C35H30ClF2N7O4. The van der Waals surface area contributed by atoms with Crippen molar-refractivity contribution >= 4 is 28.6 Å². The van der Waals surface area contributed by atoms with Crippen LogP contribution >= 0.6 is 11.6 Å². The van der Waals surface area contributed by atoms with Gasteiger partial charge in [-0.25, -0.2) is 28.5 Å². The van der Waals surface area contributed by atoms with Crippen LogP contribution in [0.2, 0.25) is 5.02 Å². The Morgan fingerprint density at radius 3 is 2.69 bits per heavy atom. The standard InChI is InChI=1S/C35H30ClF2N7O4/c1-48-12-11-44-31-14-20(35(46)47)9-10-28(31)40-33(44)15-21-13-26(38)23(16-25(21)37)27-6-4-8-34(41-27)49-19-22-18-39-32(17-24(22)36)45-30-7-3-2-5-29(30)42-43-45/h4,6,8-10,13-14,16-18H,2-3,5,7,11-12,15,19H2,1H3,(H,46,47). The highest BCUT2D eigenvalue weighted by Crippen LogP contribution is 2.29. The van der Waals surface area contributed by atoms with E-state index in [4.69, 9.17) is 21.1 Å². The molecule has 0 atom stereocenters. The van der Waals surface area contributed by atoms with Crippen LogP contribution in [0.25, 0.3) is 28.1 Å². The Balaban J connectivity index is 1.09. The molecule has 0 saturated heterocycles. The first-order valence-electron chi connectivity index (χ1n) is 15.7. The number of carboxylic acids is 1. The van der Waals surface area contributed by atoms with E-state index >= 15 is 8.78 Å². The fourth-order valence-electron chi connectivity index (χ4n) is 5.98. The second-order valence-corrected chi connectivity index (χ2v) is 12.1. The maximum atomic E-state index is 15.6. The number of benzene rings is 2. The Morgan fingerprint density at radius 2 is 1.88 bits per heavy atom. The smallest absolute Gasteiger partial charge is 0.335 e. The van der Waals surface area contributed by atoms with E-state index in [2.05, 4.69) is 25.3 Å². The van der Waals surface area contributed by atoms with Gasteiger partial charge in [0.1, 0.15) is 24.1 Å². The van der Waals surface area contributed by atoms with Crippen molar-refractivity contribution in [3.63, 3.8) is 0 Å². The highest BCUT2D eigenvalue weighted by Gasteiger charge is 2.21. The van der Waals surface area contributed by atoms with Gasteiger partial charge in [-0.2, -0.15) is 4.68 Å². The van der Waals surface area contributed by atoms with Gasteiger partial charge in [0, 0.05) is 49.5 Å². The van der Waals surface area contributed by atoms with Crippen molar-refractivity contribution in [3.05, 3.63) is 111 Å². The third kappa shape index (κ3) is 6.59. The second kappa shape index (κ2) is 13.7. The molecule has 250 valence electrons. The van der Waals surface area contributed by atoms with Crippen LogP contribution in [0.3, 0.4) is 0 Å². The number of rotatable bonds is 11. The number of imidazole rings is 1. The maximum Gasteiger partial charge on any atom is 0.335 e. The summed E-state index contributed by atoms with van der Waals surface area (Å²) in [5.74, 6) is -1.19. The lowest BCUT2D eigenvalue weighted by Crippen LogP contribution is -2.10. The number of carbonyl (C=O) groups is 1. The molecule has 1 aliphatic carbocycles. The summed E-state index contributed by atoms with van der Waals surface area (Å²) < 4.78 is 45.7. The summed E-state index contributed by atoms with van der Waals surface area (Å²) in [6.07, 6.45) is 5.53. The van der Waals surface area contributed by atoms with E-state index in [9.17, 15) is 9.90 Å². The summed E-state index contributed by atoms with van der Waals surface area (Å²) in [6, 6.07) is 13.3. The molecule has 4 heterocycles. The molecule has 7 rings (SSSR count). The Labute approximate surface area is 284 Å². The number of hydrogen-bond donors (Lipinski definition) is 1. The number of aromatic nitrogens is 7. The number of carboxylic acid groups (broad SMARTS) is 1. The topological polar surface area (TPSA) is 130 Å². The van der Waals surface area contributed by atoms with Crippen molar-refractivity contribution in [3.8, 4) is 23.0 Å². The number of nitrogens with zero attached hydrogens (tertiary/aromatic N) is 7. The van der Waals surface area contributed by atoms with E-state index in [0.29, 0.717) is 46.4 Å². The predicted molar refractivity (Wildman–Crippen MR) is 176 cm³/mol. The highest BCUT2D eigenvalue weighted by atomic mass is 35.5. The molecule has 4 aromatic heterocycles. The van der Waals surface area contributed by atoms with Crippen molar-refractivity contribution in [1.29, 1.82) is 0 Å². The molecule has 0 bridgehead atoms. The molecule has 1 aliphatic rings. The number of aryl methyl sites for hydroxylation is 1. The van der Waals surface area contributed by atoms with Gasteiger partial charge in [-0.1, -0.05) is 22.9 Å². The number of pyridine rings is 2. The van der Waals surface area contributed by atoms with E-state index in [1.807, 2.05) is 0 Å². The number of halogens is 3. The zero-order chi connectivity index (χ0) is 34.1. The highest BCUT2D eigenvalue weighted by molar-refractivity contribution is 6.31. The summed E-state index contributed by atoms with van der Waals surface area (Å²) in [6.45, 7) is 0.708. The van der Waals surface area contributed by atoms with Crippen LogP contribution < -0.4 is 4.74 Å². The normalized spacial score (nSPS) is 12.7. The minimum absolute atomic E-state index is 0.0343. The number of ether oxygens (including phenoxy) is 2. The van der Waals surface area contributed by atoms with E-state index in [0.717, 1.165) is 49.2 Å². The van der Waals surface area contributed by atoms with Crippen LogP contribution in [0.5, 0.6) is 5.88 Å². The third-order valence-corrected chi connectivity index (χ3v) is 8.86. The van der Waals surface area contributed by atoms with Gasteiger partial charge in [0.2, 0.25) is 5.88 Å². The summed E-state index contributed by atoms with van der Waals surface area (Å²) in [5, 5.41) is 18.4. The molecule has 49 heavy (non-hydrogen) atoms. The lowest BCUT2D eigenvalue weighted by Gasteiger charge is -2.13. The number of fused-ring (bicyclic) bond motifs is 2. The largest absolute Gasteiger partial charge is 0.478 e. The Kier molecular flexibility index (Phi) is 9.02. The Bertz CT molecular complexity index is 2200. The van der Waals surface area contributed by atoms with Gasteiger partial charge >= 0.3 is 5.97 Å². The van der Waals surface area contributed by atoms with E-state index in [1.165, 1.54) is 12.1 Å². The molecule has 0 aliphatic heterocycles. The molecule has 0 fully saturated rings. The van der Waals surface area contributed by atoms with Crippen molar-refractivity contribution in [2.45, 2.75) is 45.3 Å². The Morgan fingerprint density at radius 1 is 1.02 bits per heavy atom. The molecule has 0 unspecified atom stereocenters. The summed E-state index contributed by atoms with van der Waals surface area (Å²) in [5.41, 5.74) is 4.08. The summed E-state index contributed by atoms with van der Waals surface area (Å²) in [4.78, 5) is 25.1. The minimum Gasteiger partial charge on any atom is -0.478 e. The second-order valence-electron chi connectivity index (χ2n) is 11.7. The maximum absolute atomic E-state index is 15.6. The fraction of sp³-hybridized carbons (Fsp3) is 0.257. The lowest BCUT2D eigenvalue weighted by molar-refractivity contribution is 0.0697. The SMILES string of the molecule is COCCn1c(Cc2cc(F)c(-c3cccc(OCc4cnc(-n5nnc6c5CCCC6)cc4Cl)n3)cc2F)nc2ccc(C(=O)O)cc21. The van der Waals surface area contributed by atoms with Crippen molar-refractivity contribution < 1.29 is 28.2 Å². The van der Waals surface area contributed by atoms with Crippen LogP contribution in [0, 0.1) is 11.6 Å². The van der Waals surface area contributed by atoms with Crippen LogP contribution in [0.15, 0.2) is 60.8 Å². The molecule has 2 aromatic carbocycles. The minimum atomic E-state index is -1.08. The Hall–Kier alpha value is -5.27. The monoisotopic (exact) mass is 685 g/mol. The zero-order valence-corrected chi connectivity index (χ0v) is 27.1. The molecule has 11 nitrogen and oxygen atoms in total. The molecule has 0 spiro atoms. The first kappa shape index (κ1) is 32.3. The number of aromatic carboxylic acids is 1. The van der Waals surface area contributed by atoms with Gasteiger partial charge in [0.25, 0.3) is 0 Å². The summed E-state index contributed by atoms with van der Waals surface area (Å²) >= 11 is 6.58. The van der Waals surface area contributed by atoms with Gasteiger partial charge < -0.3 is 19.1 Å². The van der Waals surface area contributed by atoms with Gasteiger partial charge in [-0.3, -0.25) is 0 Å². The van der Waals surface area contributed by atoms with Gasteiger partial charge in [-0.15, -0.1) is 5.10 Å². The summed E-state index contributed by atoms with van der Waals surface area (Å²) in [7, 11) is 1.54. The molecule has 6 aromatic rings. The molecule has 0 saturated carbocycles. The van der Waals surface area contributed by atoms with Crippen molar-refractivity contribution in [2.24, 2.45) is 0 Å². The van der Waals surface area contributed by atoms with E-state index in [1.54, 1.807) is 52.9 Å². The van der Waals surface area contributed by atoms with Crippen LogP contribution in [-0.4, -0.2) is 59.3 Å². The molecule has 0 amide bonds. The fourth-order valence-corrected chi connectivity index (χ4v) is 6.18. The van der Waals surface area contributed by atoms with Crippen molar-refractivity contribution in [2.75, 3.05) is 13.7 Å². The quantitative estimate of drug-likeness (QED) is 0.165. The first-order chi connectivity index (χ1) is 23.8. The molecule has 1 N–H and O–H groups in total.